The summed E-state index contributed by atoms with van der Waals surface area (Å²) in [5, 5.41) is 0. The van der Waals surface area contributed by atoms with Gasteiger partial charge in [-0.15, -0.1) is 0 Å². The van der Waals surface area contributed by atoms with Gasteiger partial charge in [-0.05, 0) is 11.6 Å². The predicted molar refractivity (Wildman–Crippen MR) is 70.1 cm³/mol. The number of hydrogen-bond acceptors (Lipinski definition) is 4. The first-order chi connectivity index (χ1) is 9.25. The Balaban J connectivity index is 1.83. The van der Waals surface area contributed by atoms with Crippen molar-refractivity contribution >= 4 is 6.09 Å². The van der Waals surface area contributed by atoms with Crippen molar-refractivity contribution < 1.29 is 9.53 Å². The van der Waals surface area contributed by atoms with Crippen LogP contribution in [0.4, 0.5) is 4.79 Å². The third-order valence-corrected chi connectivity index (χ3v) is 2.56. The SMILES string of the molecule is CN(Cc1ccncn1)C(=O)OCc1ccccc1. The van der Waals surface area contributed by atoms with Gasteiger partial charge in [0.25, 0.3) is 0 Å². The van der Waals surface area contributed by atoms with E-state index in [2.05, 4.69) is 9.97 Å². The molecule has 0 saturated heterocycles. The fourth-order valence-electron chi connectivity index (χ4n) is 1.55. The molecule has 98 valence electrons. The van der Waals surface area contributed by atoms with Gasteiger partial charge in [0.05, 0.1) is 12.2 Å². The fraction of sp³-hybridized carbons (Fsp3) is 0.214. The summed E-state index contributed by atoms with van der Waals surface area (Å²) < 4.78 is 5.21. The minimum absolute atomic E-state index is 0.272. The largest absolute Gasteiger partial charge is 0.445 e. The van der Waals surface area contributed by atoms with Gasteiger partial charge in [0.15, 0.2) is 0 Å². The Morgan fingerprint density at radius 3 is 2.74 bits per heavy atom. The molecule has 2 aromatic rings. The van der Waals surface area contributed by atoms with E-state index in [1.165, 1.54) is 11.2 Å². The molecule has 0 fully saturated rings. The smallest absolute Gasteiger partial charge is 0.410 e. The molecule has 5 heteroatoms. The molecule has 0 N–H and O–H groups in total. The van der Waals surface area contributed by atoms with E-state index in [9.17, 15) is 4.79 Å². The van der Waals surface area contributed by atoms with Crippen molar-refractivity contribution in [2.75, 3.05) is 7.05 Å². The van der Waals surface area contributed by atoms with Gasteiger partial charge < -0.3 is 9.64 Å². The lowest BCUT2D eigenvalue weighted by Crippen LogP contribution is -2.27. The van der Waals surface area contributed by atoms with Gasteiger partial charge in [-0.2, -0.15) is 0 Å². The Morgan fingerprint density at radius 1 is 1.26 bits per heavy atom. The fourth-order valence-corrected chi connectivity index (χ4v) is 1.55. The number of nitrogens with zero attached hydrogens (tertiary/aromatic N) is 3. The second-order valence-electron chi connectivity index (χ2n) is 4.10. The minimum Gasteiger partial charge on any atom is -0.445 e. The molecule has 2 rings (SSSR count). The molecule has 0 aliphatic carbocycles. The molecule has 0 atom stereocenters. The average Bonchev–Trinajstić information content (AvgIpc) is 2.47. The van der Waals surface area contributed by atoms with Gasteiger partial charge in [0, 0.05) is 13.2 Å². The normalized spacial score (nSPS) is 9.95. The van der Waals surface area contributed by atoms with Crippen molar-refractivity contribution in [2.24, 2.45) is 0 Å². The molecule has 0 aliphatic rings. The van der Waals surface area contributed by atoms with E-state index >= 15 is 0 Å². The molecular weight excluding hydrogens is 242 g/mol. The van der Waals surface area contributed by atoms with Crippen molar-refractivity contribution in [1.29, 1.82) is 0 Å². The second-order valence-corrected chi connectivity index (χ2v) is 4.10. The summed E-state index contributed by atoms with van der Waals surface area (Å²) in [6, 6.07) is 11.3. The molecule has 0 aliphatic heterocycles. The number of rotatable bonds is 4. The predicted octanol–water partition coefficient (Wildman–Crippen LogP) is 2.25. The van der Waals surface area contributed by atoms with Gasteiger partial charge in [-0.1, -0.05) is 30.3 Å². The highest BCUT2D eigenvalue weighted by Crippen LogP contribution is 2.04. The van der Waals surface area contributed by atoms with Crippen LogP contribution < -0.4 is 0 Å². The van der Waals surface area contributed by atoms with E-state index in [4.69, 9.17) is 4.74 Å². The lowest BCUT2D eigenvalue weighted by molar-refractivity contribution is 0.102. The summed E-state index contributed by atoms with van der Waals surface area (Å²) in [5.74, 6) is 0. The monoisotopic (exact) mass is 257 g/mol. The van der Waals surface area contributed by atoms with Gasteiger partial charge >= 0.3 is 6.09 Å². The summed E-state index contributed by atoms with van der Waals surface area (Å²) >= 11 is 0. The van der Waals surface area contributed by atoms with Crippen LogP contribution in [0.3, 0.4) is 0 Å². The zero-order chi connectivity index (χ0) is 13.5. The highest BCUT2D eigenvalue weighted by molar-refractivity contribution is 5.67. The molecule has 5 nitrogen and oxygen atoms in total. The third kappa shape index (κ3) is 4.06. The molecule has 0 spiro atoms. The van der Waals surface area contributed by atoms with Crippen molar-refractivity contribution in [3.8, 4) is 0 Å². The molecule has 0 saturated carbocycles. The molecule has 0 radical (unpaired) electrons. The molecular formula is C14H15N3O2. The summed E-state index contributed by atoms with van der Waals surface area (Å²) in [6.07, 6.45) is 2.73. The van der Waals surface area contributed by atoms with Crippen LogP contribution in [0.2, 0.25) is 0 Å². The Hall–Kier alpha value is -2.43. The van der Waals surface area contributed by atoms with E-state index < -0.39 is 0 Å². The molecule has 1 aromatic carbocycles. The van der Waals surface area contributed by atoms with Crippen LogP contribution in [0.25, 0.3) is 0 Å². The summed E-state index contributed by atoms with van der Waals surface area (Å²) in [5.41, 5.74) is 1.74. The number of carbonyl (C=O) groups is 1. The van der Waals surface area contributed by atoms with Crippen molar-refractivity contribution in [1.82, 2.24) is 14.9 Å². The van der Waals surface area contributed by atoms with Gasteiger partial charge in [0.1, 0.15) is 12.9 Å². The number of benzene rings is 1. The molecule has 0 unspecified atom stereocenters. The standard InChI is InChI=1S/C14H15N3O2/c1-17(9-13-7-8-15-11-16-13)14(18)19-10-12-5-3-2-4-6-12/h2-8,11H,9-10H2,1H3. The first kappa shape index (κ1) is 13.0. The van der Waals surface area contributed by atoms with Crippen molar-refractivity contribution in [2.45, 2.75) is 13.2 Å². The molecule has 19 heavy (non-hydrogen) atoms. The molecule has 1 amide bonds. The highest BCUT2D eigenvalue weighted by atomic mass is 16.6. The Kier molecular flexibility index (Phi) is 4.44. The maximum Gasteiger partial charge on any atom is 0.410 e. The molecule has 0 bridgehead atoms. The number of aromatic nitrogens is 2. The van der Waals surface area contributed by atoms with Crippen LogP contribution in [0, 0.1) is 0 Å². The Morgan fingerprint density at radius 2 is 2.05 bits per heavy atom. The lowest BCUT2D eigenvalue weighted by atomic mass is 10.2. The van der Waals surface area contributed by atoms with Crippen molar-refractivity contribution in [3.05, 3.63) is 60.2 Å². The Labute approximate surface area is 111 Å². The average molecular weight is 257 g/mol. The highest BCUT2D eigenvalue weighted by Gasteiger charge is 2.11. The quantitative estimate of drug-likeness (QED) is 0.843. The van der Waals surface area contributed by atoms with Crippen LogP contribution in [-0.2, 0) is 17.9 Å². The Bertz CT molecular complexity index is 517. The summed E-state index contributed by atoms with van der Waals surface area (Å²) in [4.78, 5) is 21.1. The zero-order valence-corrected chi connectivity index (χ0v) is 10.7. The van der Waals surface area contributed by atoms with Crippen LogP contribution >= 0.6 is 0 Å². The van der Waals surface area contributed by atoms with Gasteiger partial charge in [0.2, 0.25) is 0 Å². The second kappa shape index (κ2) is 6.49. The van der Waals surface area contributed by atoms with E-state index in [0.29, 0.717) is 6.54 Å². The number of ether oxygens (including phenoxy) is 1. The third-order valence-electron chi connectivity index (χ3n) is 2.56. The van der Waals surface area contributed by atoms with E-state index in [-0.39, 0.29) is 12.7 Å². The van der Waals surface area contributed by atoms with Crippen LogP contribution in [0.15, 0.2) is 48.9 Å². The van der Waals surface area contributed by atoms with E-state index in [0.717, 1.165) is 11.3 Å². The van der Waals surface area contributed by atoms with Crippen molar-refractivity contribution in [3.63, 3.8) is 0 Å². The first-order valence-electron chi connectivity index (χ1n) is 5.92. The van der Waals surface area contributed by atoms with Crippen LogP contribution in [-0.4, -0.2) is 28.0 Å². The summed E-state index contributed by atoms with van der Waals surface area (Å²) in [7, 11) is 1.68. The number of amides is 1. The van der Waals surface area contributed by atoms with Crippen LogP contribution in [0.1, 0.15) is 11.3 Å². The zero-order valence-electron chi connectivity index (χ0n) is 10.7. The van der Waals surface area contributed by atoms with E-state index in [1.54, 1.807) is 19.3 Å². The topological polar surface area (TPSA) is 55.3 Å². The maximum atomic E-state index is 11.8. The number of carbonyl (C=O) groups excluding carboxylic acids is 1. The van der Waals surface area contributed by atoms with Gasteiger partial charge in [-0.25, -0.2) is 14.8 Å². The van der Waals surface area contributed by atoms with Gasteiger partial charge in [-0.3, -0.25) is 0 Å². The lowest BCUT2D eigenvalue weighted by Gasteiger charge is -2.16. The summed E-state index contributed by atoms with van der Waals surface area (Å²) in [6.45, 7) is 0.671. The minimum atomic E-state index is -0.373. The maximum absolute atomic E-state index is 11.8. The first-order valence-corrected chi connectivity index (χ1v) is 5.92. The molecule has 1 heterocycles. The van der Waals surface area contributed by atoms with E-state index in [1.807, 2.05) is 30.3 Å². The number of hydrogen-bond donors (Lipinski definition) is 0. The molecule has 1 aromatic heterocycles. The van der Waals surface area contributed by atoms with Crippen LogP contribution in [0.5, 0.6) is 0 Å².